The van der Waals surface area contributed by atoms with E-state index >= 15 is 0 Å². The number of carbonyl (C=O) groups is 2. The molecule has 1 aliphatic rings. The molecule has 1 aliphatic heterocycles. The molecule has 7 nitrogen and oxygen atoms in total. The average Bonchev–Trinajstić information content (AvgIpc) is 2.85. The molecule has 0 radical (unpaired) electrons. The minimum atomic E-state index is -0.765. The Balaban J connectivity index is 1.47. The first-order valence-corrected chi connectivity index (χ1v) is 10.8. The lowest BCUT2D eigenvalue weighted by Crippen LogP contribution is -2.54. The number of nitrogens with zero attached hydrogens (tertiary/aromatic N) is 1. The Hall–Kier alpha value is -4.63. The predicted octanol–water partition coefficient (Wildman–Crippen LogP) is 4.56. The first-order valence-electron chi connectivity index (χ1n) is 10.4. The molecule has 35 heavy (non-hydrogen) atoms. The number of halogens is 1. The molecule has 4 aromatic rings. The second kappa shape index (κ2) is 8.96. The first-order chi connectivity index (χ1) is 16.9. The summed E-state index contributed by atoms with van der Waals surface area (Å²) in [7, 11) is 0. The Labute approximate surface area is 203 Å². The van der Waals surface area contributed by atoms with Crippen LogP contribution in [0.3, 0.4) is 0 Å². The van der Waals surface area contributed by atoms with Crippen LogP contribution in [0.4, 0.5) is 10.1 Å². The summed E-state index contributed by atoms with van der Waals surface area (Å²) >= 11 is 5.21. The number of para-hydroxylation sites is 1. The van der Waals surface area contributed by atoms with Crippen LogP contribution in [0.15, 0.2) is 93.8 Å². The van der Waals surface area contributed by atoms with E-state index in [0.717, 1.165) is 29.4 Å². The molecule has 1 saturated heterocycles. The van der Waals surface area contributed by atoms with Crippen LogP contribution in [0.2, 0.25) is 0 Å². The van der Waals surface area contributed by atoms with E-state index in [1.165, 1.54) is 6.07 Å². The van der Waals surface area contributed by atoms with Crippen molar-refractivity contribution in [3.05, 3.63) is 106 Å². The van der Waals surface area contributed by atoms with E-state index in [4.69, 9.17) is 21.4 Å². The van der Waals surface area contributed by atoms with Gasteiger partial charge in [0.05, 0.1) is 16.6 Å². The number of amides is 2. The van der Waals surface area contributed by atoms with Crippen LogP contribution in [-0.2, 0) is 9.59 Å². The Kier molecular flexibility index (Phi) is 5.68. The summed E-state index contributed by atoms with van der Waals surface area (Å²) in [5.41, 5.74) is -0.425. The van der Waals surface area contributed by atoms with Crippen LogP contribution in [0.1, 0.15) is 5.56 Å². The summed E-state index contributed by atoms with van der Waals surface area (Å²) in [5, 5.41) is 2.33. The molecule has 1 aromatic heterocycles. The van der Waals surface area contributed by atoms with Gasteiger partial charge in [0, 0.05) is 0 Å². The Morgan fingerprint density at radius 2 is 1.66 bits per heavy atom. The second-order valence-electron chi connectivity index (χ2n) is 7.53. The van der Waals surface area contributed by atoms with Gasteiger partial charge in [-0.3, -0.25) is 24.6 Å². The number of benzene rings is 3. The molecule has 2 amide bonds. The highest BCUT2D eigenvalue weighted by molar-refractivity contribution is 7.80. The molecule has 0 spiro atoms. The molecule has 1 fully saturated rings. The fraction of sp³-hybridized carbons (Fsp3) is 0. The van der Waals surface area contributed by atoms with Gasteiger partial charge in [-0.05, 0) is 72.9 Å². The zero-order chi connectivity index (χ0) is 24.5. The van der Waals surface area contributed by atoms with Crippen LogP contribution < -0.4 is 20.4 Å². The summed E-state index contributed by atoms with van der Waals surface area (Å²) in [4.78, 5) is 39.7. The minimum Gasteiger partial charge on any atom is -0.463 e. The Morgan fingerprint density at radius 1 is 0.943 bits per heavy atom. The van der Waals surface area contributed by atoms with E-state index in [1.54, 1.807) is 24.3 Å². The van der Waals surface area contributed by atoms with Crippen LogP contribution in [0, 0.1) is 5.82 Å². The van der Waals surface area contributed by atoms with Gasteiger partial charge in [-0.1, -0.05) is 18.2 Å². The molecule has 0 atom stereocenters. The van der Waals surface area contributed by atoms with Crippen molar-refractivity contribution in [2.45, 2.75) is 0 Å². The molecule has 0 saturated carbocycles. The Morgan fingerprint density at radius 3 is 2.40 bits per heavy atom. The van der Waals surface area contributed by atoms with Crippen molar-refractivity contribution < 1.29 is 23.1 Å². The summed E-state index contributed by atoms with van der Waals surface area (Å²) < 4.78 is 24.8. The molecular weight excluding hydrogens is 471 g/mol. The molecule has 2 heterocycles. The maximum absolute atomic E-state index is 13.6. The molecule has 172 valence electrons. The Bertz CT molecular complexity index is 1580. The van der Waals surface area contributed by atoms with Crippen molar-refractivity contribution in [2.24, 2.45) is 0 Å². The summed E-state index contributed by atoms with van der Waals surface area (Å²) in [6.45, 7) is 0. The zero-order valence-corrected chi connectivity index (χ0v) is 18.7. The van der Waals surface area contributed by atoms with Crippen molar-refractivity contribution >= 4 is 51.9 Å². The van der Waals surface area contributed by atoms with Gasteiger partial charge in [0.2, 0.25) is 0 Å². The molecular formula is C26H15FN2O5S. The van der Waals surface area contributed by atoms with Crippen LogP contribution in [0.5, 0.6) is 11.5 Å². The van der Waals surface area contributed by atoms with Gasteiger partial charge in [-0.15, -0.1) is 0 Å². The molecule has 3 aromatic carbocycles. The predicted molar refractivity (Wildman–Crippen MR) is 132 cm³/mol. The normalized spacial score (nSPS) is 14.9. The van der Waals surface area contributed by atoms with Crippen LogP contribution >= 0.6 is 12.2 Å². The van der Waals surface area contributed by atoms with E-state index < -0.39 is 23.1 Å². The maximum Gasteiger partial charge on any atom is 0.270 e. The molecule has 9 heteroatoms. The number of fused-ring (bicyclic) bond motifs is 1. The number of hydrogen-bond acceptors (Lipinski definition) is 6. The number of rotatable bonds is 4. The average molecular weight is 486 g/mol. The number of carbonyl (C=O) groups excluding carboxylic acids is 2. The fourth-order valence-corrected chi connectivity index (χ4v) is 3.83. The van der Waals surface area contributed by atoms with Gasteiger partial charge in [0.1, 0.15) is 34.7 Å². The van der Waals surface area contributed by atoms with Crippen molar-refractivity contribution in [2.75, 3.05) is 4.90 Å². The maximum atomic E-state index is 13.6. The third-order valence-electron chi connectivity index (χ3n) is 5.24. The number of anilines is 1. The third kappa shape index (κ3) is 4.32. The zero-order valence-electron chi connectivity index (χ0n) is 17.9. The quantitative estimate of drug-likeness (QED) is 0.259. The fourth-order valence-electron chi connectivity index (χ4n) is 3.55. The number of nitrogens with one attached hydrogen (secondary N) is 1. The summed E-state index contributed by atoms with van der Waals surface area (Å²) in [6.07, 6.45) is 2.22. The minimum absolute atomic E-state index is 0.00982. The first kappa shape index (κ1) is 22.2. The molecule has 0 bridgehead atoms. The van der Waals surface area contributed by atoms with Crippen LogP contribution in [0.25, 0.3) is 17.0 Å². The van der Waals surface area contributed by atoms with E-state index in [9.17, 15) is 18.8 Å². The van der Waals surface area contributed by atoms with Gasteiger partial charge in [-0.2, -0.15) is 0 Å². The standard InChI is InChI=1S/C26H15FN2O5S/c27-16-6-11-22-20(13-16)23(30)15(14-33-22)12-21-24(31)28-26(35)29(25(21)32)17-7-9-19(10-8-17)34-18-4-2-1-3-5-18/h1-14H,(H,28,31,35)/b21-12+. The van der Waals surface area contributed by atoms with E-state index in [0.29, 0.717) is 17.2 Å². The van der Waals surface area contributed by atoms with Gasteiger partial charge in [0.25, 0.3) is 11.8 Å². The van der Waals surface area contributed by atoms with E-state index in [1.807, 2.05) is 30.3 Å². The molecule has 0 aliphatic carbocycles. The highest BCUT2D eigenvalue weighted by atomic mass is 32.1. The SMILES string of the molecule is O=C1NC(=S)N(c2ccc(Oc3ccccc3)cc2)C(=O)/C1=C/c1coc2ccc(F)cc2c1=O. The van der Waals surface area contributed by atoms with Gasteiger partial charge in [-0.25, -0.2) is 4.39 Å². The van der Waals surface area contributed by atoms with Crippen molar-refractivity contribution in [1.29, 1.82) is 0 Å². The summed E-state index contributed by atoms with van der Waals surface area (Å²) in [5.74, 6) is -0.918. The second-order valence-corrected chi connectivity index (χ2v) is 7.91. The lowest BCUT2D eigenvalue weighted by Gasteiger charge is -2.29. The van der Waals surface area contributed by atoms with Crippen molar-refractivity contribution in [3.8, 4) is 11.5 Å². The lowest BCUT2D eigenvalue weighted by molar-refractivity contribution is -0.122. The topological polar surface area (TPSA) is 88.8 Å². The highest BCUT2D eigenvalue weighted by Crippen LogP contribution is 2.27. The summed E-state index contributed by atoms with van der Waals surface area (Å²) in [6, 6.07) is 19.2. The van der Waals surface area contributed by atoms with E-state index in [-0.39, 0.29) is 27.2 Å². The number of ether oxygens (including phenoxy) is 1. The number of thiocarbonyl (C=S) groups is 1. The molecule has 0 unspecified atom stereocenters. The van der Waals surface area contributed by atoms with Gasteiger partial charge >= 0.3 is 0 Å². The monoisotopic (exact) mass is 486 g/mol. The number of hydrogen-bond donors (Lipinski definition) is 1. The van der Waals surface area contributed by atoms with E-state index in [2.05, 4.69) is 5.32 Å². The van der Waals surface area contributed by atoms with Gasteiger partial charge < -0.3 is 9.15 Å². The van der Waals surface area contributed by atoms with Crippen molar-refractivity contribution in [1.82, 2.24) is 5.32 Å². The van der Waals surface area contributed by atoms with Gasteiger partial charge in [0.15, 0.2) is 10.5 Å². The van der Waals surface area contributed by atoms with Crippen molar-refractivity contribution in [3.63, 3.8) is 0 Å². The largest absolute Gasteiger partial charge is 0.463 e. The molecule has 1 N–H and O–H groups in total. The molecule has 5 rings (SSSR count). The highest BCUT2D eigenvalue weighted by Gasteiger charge is 2.34. The van der Waals surface area contributed by atoms with Crippen LogP contribution in [-0.4, -0.2) is 16.9 Å². The lowest BCUT2D eigenvalue weighted by atomic mass is 10.1. The third-order valence-corrected chi connectivity index (χ3v) is 5.52. The smallest absolute Gasteiger partial charge is 0.270 e.